The van der Waals surface area contributed by atoms with Gasteiger partial charge in [-0.05, 0) is 39.2 Å². The third-order valence-electron chi connectivity index (χ3n) is 4.60. The highest BCUT2D eigenvalue weighted by Crippen LogP contribution is 2.38. The first-order chi connectivity index (χ1) is 7.79. The van der Waals surface area contributed by atoms with E-state index in [-0.39, 0.29) is 5.79 Å². The molecule has 2 aliphatic heterocycles. The van der Waals surface area contributed by atoms with E-state index in [4.69, 9.17) is 9.47 Å². The van der Waals surface area contributed by atoms with Gasteiger partial charge in [0.05, 0.1) is 13.2 Å². The number of nitrogens with zero attached hydrogens (tertiary/aromatic N) is 1. The Morgan fingerprint density at radius 2 is 1.75 bits per heavy atom. The quantitative estimate of drug-likeness (QED) is 0.682. The standard InChI is InChI=1S/C13H23NO2/c1-11-3-2-8-14(11)12-4-6-13(7-5-12)15-9-10-16-13/h11-12H,2-10H2,1H3. The SMILES string of the molecule is CC1CCCN1C1CCC2(CC1)OCCO2. The van der Waals surface area contributed by atoms with Crippen LogP contribution in [0.1, 0.15) is 45.4 Å². The number of likely N-dealkylation sites (tertiary alicyclic amines) is 1. The molecule has 0 radical (unpaired) electrons. The first-order valence-corrected chi connectivity index (χ1v) is 6.83. The third-order valence-corrected chi connectivity index (χ3v) is 4.60. The van der Waals surface area contributed by atoms with Crippen molar-refractivity contribution >= 4 is 0 Å². The maximum absolute atomic E-state index is 5.78. The van der Waals surface area contributed by atoms with Gasteiger partial charge in [0.15, 0.2) is 5.79 Å². The van der Waals surface area contributed by atoms with Gasteiger partial charge < -0.3 is 9.47 Å². The van der Waals surface area contributed by atoms with Crippen LogP contribution in [-0.2, 0) is 9.47 Å². The summed E-state index contributed by atoms with van der Waals surface area (Å²) >= 11 is 0. The molecule has 1 atom stereocenters. The Morgan fingerprint density at radius 3 is 2.31 bits per heavy atom. The minimum atomic E-state index is -0.181. The van der Waals surface area contributed by atoms with Crippen LogP contribution in [0.3, 0.4) is 0 Å². The highest BCUT2D eigenvalue weighted by Gasteiger charge is 2.42. The van der Waals surface area contributed by atoms with Crippen LogP contribution in [0, 0.1) is 0 Å². The van der Waals surface area contributed by atoms with Crippen LogP contribution in [0.2, 0.25) is 0 Å². The van der Waals surface area contributed by atoms with Crippen LogP contribution >= 0.6 is 0 Å². The van der Waals surface area contributed by atoms with E-state index in [9.17, 15) is 0 Å². The molecule has 1 unspecified atom stereocenters. The second-order valence-electron chi connectivity index (χ2n) is 5.57. The Labute approximate surface area is 98.1 Å². The molecule has 0 aromatic heterocycles. The van der Waals surface area contributed by atoms with Crippen molar-refractivity contribution in [2.24, 2.45) is 0 Å². The van der Waals surface area contributed by atoms with Gasteiger partial charge in [-0.15, -0.1) is 0 Å². The molecule has 3 rings (SSSR count). The molecule has 0 aromatic carbocycles. The summed E-state index contributed by atoms with van der Waals surface area (Å²) in [6.45, 7) is 5.27. The van der Waals surface area contributed by atoms with Gasteiger partial charge in [-0.25, -0.2) is 0 Å². The summed E-state index contributed by atoms with van der Waals surface area (Å²) < 4.78 is 11.6. The molecule has 3 aliphatic rings. The minimum absolute atomic E-state index is 0.181. The van der Waals surface area contributed by atoms with Gasteiger partial charge in [0, 0.05) is 24.9 Å². The minimum Gasteiger partial charge on any atom is -0.348 e. The van der Waals surface area contributed by atoms with E-state index in [1.807, 2.05) is 0 Å². The number of rotatable bonds is 1. The molecule has 3 fully saturated rings. The zero-order valence-electron chi connectivity index (χ0n) is 10.3. The van der Waals surface area contributed by atoms with Crippen molar-refractivity contribution < 1.29 is 9.47 Å². The van der Waals surface area contributed by atoms with E-state index in [0.717, 1.165) is 38.1 Å². The van der Waals surface area contributed by atoms with Gasteiger partial charge in [0.2, 0.25) is 0 Å². The van der Waals surface area contributed by atoms with Crippen molar-refractivity contribution in [3.05, 3.63) is 0 Å². The van der Waals surface area contributed by atoms with E-state index in [1.165, 1.54) is 32.2 Å². The average molecular weight is 225 g/mol. The highest BCUT2D eigenvalue weighted by molar-refractivity contribution is 4.90. The fourth-order valence-electron chi connectivity index (χ4n) is 3.66. The zero-order chi connectivity index (χ0) is 11.0. The van der Waals surface area contributed by atoms with Crippen molar-refractivity contribution in [2.45, 2.75) is 63.3 Å². The number of ether oxygens (including phenoxy) is 2. The fourth-order valence-corrected chi connectivity index (χ4v) is 3.66. The van der Waals surface area contributed by atoms with Gasteiger partial charge in [-0.3, -0.25) is 4.90 Å². The number of hydrogen-bond donors (Lipinski definition) is 0. The lowest BCUT2D eigenvalue weighted by atomic mass is 9.89. The lowest BCUT2D eigenvalue weighted by molar-refractivity contribution is -0.184. The smallest absolute Gasteiger partial charge is 0.168 e. The Hall–Kier alpha value is -0.120. The third kappa shape index (κ3) is 1.89. The maximum atomic E-state index is 5.78. The molecular formula is C13H23NO2. The Morgan fingerprint density at radius 1 is 1.06 bits per heavy atom. The molecule has 0 amide bonds. The molecule has 3 heteroatoms. The molecular weight excluding hydrogens is 202 g/mol. The molecule has 0 bridgehead atoms. The Bertz CT molecular complexity index is 240. The van der Waals surface area contributed by atoms with Gasteiger partial charge >= 0.3 is 0 Å². The van der Waals surface area contributed by atoms with Crippen LogP contribution in [0.4, 0.5) is 0 Å². The molecule has 1 saturated carbocycles. The molecule has 3 nitrogen and oxygen atoms in total. The van der Waals surface area contributed by atoms with E-state index in [2.05, 4.69) is 11.8 Å². The van der Waals surface area contributed by atoms with Crippen LogP contribution in [0.25, 0.3) is 0 Å². The summed E-state index contributed by atoms with van der Waals surface area (Å²) in [4.78, 5) is 2.71. The van der Waals surface area contributed by atoms with Gasteiger partial charge in [0.25, 0.3) is 0 Å². The fraction of sp³-hybridized carbons (Fsp3) is 1.00. The molecule has 2 heterocycles. The summed E-state index contributed by atoms with van der Waals surface area (Å²) in [6, 6.07) is 1.58. The summed E-state index contributed by atoms with van der Waals surface area (Å²) in [5.74, 6) is -0.181. The van der Waals surface area contributed by atoms with Crippen LogP contribution in [-0.4, -0.2) is 42.5 Å². The molecule has 2 saturated heterocycles. The predicted molar refractivity (Wildman–Crippen MR) is 62.3 cm³/mol. The average Bonchev–Trinajstić information content (AvgIpc) is 2.90. The van der Waals surface area contributed by atoms with E-state index in [0.29, 0.717) is 0 Å². The molecule has 1 spiro atoms. The van der Waals surface area contributed by atoms with Crippen LogP contribution in [0.15, 0.2) is 0 Å². The highest BCUT2D eigenvalue weighted by atomic mass is 16.7. The van der Waals surface area contributed by atoms with Crippen molar-refractivity contribution in [1.82, 2.24) is 4.90 Å². The molecule has 16 heavy (non-hydrogen) atoms. The summed E-state index contributed by atoms with van der Waals surface area (Å²) in [6.07, 6.45) is 7.47. The second-order valence-corrected chi connectivity index (χ2v) is 5.57. The summed E-state index contributed by atoms with van der Waals surface area (Å²) in [5, 5.41) is 0. The van der Waals surface area contributed by atoms with Crippen molar-refractivity contribution in [2.75, 3.05) is 19.8 Å². The van der Waals surface area contributed by atoms with Crippen LogP contribution in [0.5, 0.6) is 0 Å². The van der Waals surface area contributed by atoms with Gasteiger partial charge in [-0.1, -0.05) is 0 Å². The van der Waals surface area contributed by atoms with Crippen LogP contribution < -0.4 is 0 Å². The van der Waals surface area contributed by atoms with Crippen molar-refractivity contribution in [3.8, 4) is 0 Å². The largest absolute Gasteiger partial charge is 0.348 e. The topological polar surface area (TPSA) is 21.7 Å². The normalized spacial score (nSPS) is 36.2. The van der Waals surface area contributed by atoms with E-state index >= 15 is 0 Å². The first-order valence-electron chi connectivity index (χ1n) is 6.83. The second kappa shape index (κ2) is 4.28. The first kappa shape index (κ1) is 11.0. The lowest BCUT2D eigenvalue weighted by Gasteiger charge is -2.40. The van der Waals surface area contributed by atoms with E-state index < -0.39 is 0 Å². The van der Waals surface area contributed by atoms with Gasteiger partial charge in [0.1, 0.15) is 0 Å². The van der Waals surface area contributed by atoms with Crippen molar-refractivity contribution in [3.63, 3.8) is 0 Å². The number of hydrogen-bond acceptors (Lipinski definition) is 3. The molecule has 0 aromatic rings. The maximum Gasteiger partial charge on any atom is 0.168 e. The van der Waals surface area contributed by atoms with Gasteiger partial charge in [-0.2, -0.15) is 0 Å². The lowest BCUT2D eigenvalue weighted by Crippen LogP contribution is -2.45. The van der Waals surface area contributed by atoms with E-state index in [1.54, 1.807) is 0 Å². The Kier molecular flexibility index (Phi) is 2.94. The Balaban J connectivity index is 1.57. The monoisotopic (exact) mass is 225 g/mol. The molecule has 0 N–H and O–H groups in total. The zero-order valence-corrected chi connectivity index (χ0v) is 10.3. The molecule has 1 aliphatic carbocycles. The van der Waals surface area contributed by atoms with Crippen molar-refractivity contribution in [1.29, 1.82) is 0 Å². The predicted octanol–water partition coefficient (Wildman–Crippen LogP) is 2.16. The molecule has 92 valence electrons. The summed E-state index contributed by atoms with van der Waals surface area (Å²) in [5.41, 5.74) is 0. The summed E-state index contributed by atoms with van der Waals surface area (Å²) in [7, 11) is 0.